The summed E-state index contributed by atoms with van der Waals surface area (Å²) in [5, 5.41) is 2.71. The van der Waals surface area contributed by atoms with Gasteiger partial charge in [-0.3, -0.25) is 9.59 Å². The lowest BCUT2D eigenvalue weighted by Gasteiger charge is -2.26. The van der Waals surface area contributed by atoms with Crippen LogP contribution in [-0.2, 0) is 9.59 Å². The molecule has 0 aromatic rings. The summed E-state index contributed by atoms with van der Waals surface area (Å²) in [6, 6.07) is 0.707. The number of carbonyl (C=O) groups excluding carboxylic acids is 2. The first kappa shape index (κ1) is 17.0. The van der Waals surface area contributed by atoms with Gasteiger partial charge in [0.25, 0.3) is 0 Å². The SMILES string of the molecule is CC(=O)NCCCC(=O)N(C)CCN(C)C1CCCC1. The van der Waals surface area contributed by atoms with E-state index in [1.54, 1.807) is 4.90 Å². The zero-order chi connectivity index (χ0) is 15.0. The van der Waals surface area contributed by atoms with Gasteiger partial charge in [0.05, 0.1) is 0 Å². The van der Waals surface area contributed by atoms with Gasteiger partial charge in [0, 0.05) is 46.1 Å². The van der Waals surface area contributed by atoms with Gasteiger partial charge in [0.2, 0.25) is 11.8 Å². The molecule has 2 amide bonds. The van der Waals surface area contributed by atoms with Gasteiger partial charge >= 0.3 is 0 Å². The van der Waals surface area contributed by atoms with Crippen molar-refractivity contribution in [2.24, 2.45) is 0 Å². The van der Waals surface area contributed by atoms with Gasteiger partial charge in [-0.2, -0.15) is 0 Å². The van der Waals surface area contributed by atoms with Crippen molar-refractivity contribution in [3.05, 3.63) is 0 Å². The normalized spacial score (nSPS) is 15.6. The standard InChI is InChI=1S/C15H29N3O2/c1-13(19)16-10-6-9-15(20)18(3)12-11-17(2)14-7-4-5-8-14/h14H,4-12H2,1-3H3,(H,16,19). The second-order valence-electron chi connectivity index (χ2n) is 5.82. The third-order valence-corrected chi connectivity index (χ3v) is 4.10. The van der Waals surface area contributed by atoms with Gasteiger partial charge in [-0.15, -0.1) is 0 Å². The van der Waals surface area contributed by atoms with Gasteiger partial charge in [-0.1, -0.05) is 12.8 Å². The maximum Gasteiger partial charge on any atom is 0.222 e. The summed E-state index contributed by atoms with van der Waals surface area (Å²) >= 11 is 0. The molecule has 0 unspecified atom stereocenters. The lowest BCUT2D eigenvalue weighted by molar-refractivity contribution is -0.130. The minimum absolute atomic E-state index is 0.0380. The van der Waals surface area contributed by atoms with E-state index < -0.39 is 0 Å². The number of carbonyl (C=O) groups is 2. The van der Waals surface area contributed by atoms with E-state index in [0.717, 1.165) is 13.1 Å². The van der Waals surface area contributed by atoms with Crippen LogP contribution in [0.5, 0.6) is 0 Å². The van der Waals surface area contributed by atoms with Crippen molar-refractivity contribution in [1.29, 1.82) is 0 Å². The monoisotopic (exact) mass is 283 g/mol. The molecule has 0 aromatic heterocycles. The molecule has 5 heteroatoms. The van der Waals surface area contributed by atoms with Crippen LogP contribution in [0.4, 0.5) is 0 Å². The Hall–Kier alpha value is -1.10. The molecule has 1 N–H and O–H groups in total. The van der Waals surface area contributed by atoms with E-state index in [-0.39, 0.29) is 11.8 Å². The van der Waals surface area contributed by atoms with E-state index in [2.05, 4.69) is 17.3 Å². The fourth-order valence-corrected chi connectivity index (χ4v) is 2.65. The molecular formula is C15H29N3O2. The maximum absolute atomic E-state index is 11.9. The zero-order valence-corrected chi connectivity index (χ0v) is 13.2. The Morgan fingerprint density at radius 1 is 1.15 bits per heavy atom. The van der Waals surface area contributed by atoms with Crippen molar-refractivity contribution in [2.45, 2.75) is 51.5 Å². The number of hydrogen-bond donors (Lipinski definition) is 1. The number of likely N-dealkylation sites (N-methyl/N-ethyl adjacent to an activating group) is 2. The van der Waals surface area contributed by atoms with Crippen LogP contribution in [0.1, 0.15) is 45.4 Å². The highest BCUT2D eigenvalue weighted by atomic mass is 16.2. The van der Waals surface area contributed by atoms with E-state index in [9.17, 15) is 9.59 Å². The average molecular weight is 283 g/mol. The van der Waals surface area contributed by atoms with Crippen LogP contribution < -0.4 is 5.32 Å². The topological polar surface area (TPSA) is 52.7 Å². The Morgan fingerprint density at radius 3 is 2.40 bits per heavy atom. The molecule has 0 aliphatic heterocycles. The summed E-state index contributed by atoms with van der Waals surface area (Å²) in [7, 11) is 4.02. The van der Waals surface area contributed by atoms with E-state index in [4.69, 9.17) is 0 Å². The number of rotatable bonds is 8. The highest BCUT2D eigenvalue weighted by molar-refractivity contribution is 5.76. The molecule has 0 heterocycles. The first-order valence-corrected chi connectivity index (χ1v) is 7.69. The van der Waals surface area contributed by atoms with Crippen molar-refractivity contribution in [2.75, 3.05) is 33.7 Å². The van der Waals surface area contributed by atoms with Crippen LogP contribution in [0.3, 0.4) is 0 Å². The summed E-state index contributed by atoms with van der Waals surface area (Å²) in [5.74, 6) is 0.124. The Bertz CT molecular complexity index is 314. The predicted molar refractivity (Wildman–Crippen MR) is 80.4 cm³/mol. The van der Waals surface area contributed by atoms with Crippen LogP contribution in [0, 0.1) is 0 Å². The lowest BCUT2D eigenvalue weighted by Crippen LogP contribution is -2.38. The van der Waals surface area contributed by atoms with Gasteiger partial charge in [0.1, 0.15) is 0 Å². The molecule has 0 bridgehead atoms. The minimum Gasteiger partial charge on any atom is -0.356 e. The van der Waals surface area contributed by atoms with Crippen molar-refractivity contribution in [3.8, 4) is 0 Å². The van der Waals surface area contributed by atoms with E-state index in [1.165, 1.54) is 32.6 Å². The molecule has 5 nitrogen and oxygen atoms in total. The number of nitrogens with one attached hydrogen (secondary N) is 1. The van der Waals surface area contributed by atoms with Crippen molar-refractivity contribution < 1.29 is 9.59 Å². The predicted octanol–water partition coefficient (Wildman–Crippen LogP) is 1.24. The van der Waals surface area contributed by atoms with Crippen LogP contribution >= 0.6 is 0 Å². The van der Waals surface area contributed by atoms with Gasteiger partial charge in [-0.25, -0.2) is 0 Å². The molecule has 0 atom stereocenters. The molecule has 0 aromatic carbocycles. The van der Waals surface area contributed by atoms with E-state index >= 15 is 0 Å². The Labute approximate surface area is 122 Å². The van der Waals surface area contributed by atoms with Crippen LogP contribution in [0.25, 0.3) is 0 Å². The Balaban J connectivity index is 2.12. The van der Waals surface area contributed by atoms with Gasteiger partial charge < -0.3 is 15.1 Å². The highest BCUT2D eigenvalue weighted by Gasteiger charge is 2.19. The van der Waals surface area contributed by atoms with Crippen LogP contribution in [0.2, 0.25) is 0 Å². The number of nitrogens with zero attached hydrogens (tertiary/aromatic N) is 2. The third kappa shape index (κ3) is 6.37. The smallest absolute Gasteiger partial charge is 0.222 e. The average Bonchev–Trinajstić information content (AvgIpc) is 2.94. The molecule has 1 saturated carbocycles. The second kappa shape index (κ2) is 8.95. The lowest BCUT2D eigenvalue weighted by atomic mass is 10.2. The van der Waals surface area contributed by atoms with Gasteiger partial charge in [0.15, 0.2) is 0 Å². The fourth-order valence-electron chi connectivity index (χ4n) is 2.65. The van der Waals surface area contributed by atoms with E-state index in [0.29, 0.717) is 25.4 Å². The minimum atomic E-state index is -0.0380. The molecule has 0 spiro atoms. The molecule has 1 rings (SSSR count). The quantitative estimate of drug-likeness (QED) is 0.682. The molecule has 1 fully saturated rings. The first-order valence-electron chi connectivity index (χ1n) is 7.69. The molecular weight excluding hydrogens is 254 g/mol. The summed E-state index contributed by atoms with van der Waals surface area (Å²) in [6.45, 7) is 3.80. The molecule has 0 radical (unpaired) electrons. The second-order valence-corrected chi connectivity index (χ2v) is 5.82. The summed E-state index contributed by atoms with van der Waals surface area (Å²) in [5.41, 5.74) is 0. The number of amides is 2. The third-order valence-electron chi connectivity index (χ3n) is 4.10. The molecule has 0 saturated heterocycles. The molecule has 1 aliphatic rings. The van der Waals surface area contributed by atoms with Crippen molar-refractivity contribution in [3.63, 3.8) is 0 Å². The largest absolute Gasteiger partial charge is 0.356 e. The number of hydrogen-bond acceptors (Lipinski definition) is 3. The fraction of sp³-hybridized carbons (Fsp3) is 0.867. The summed E-state index contributed by atoms with van der Waals surface area (Å²) < 4.78 is 0. The highest BCUT2D eigenvalue weighted by Crippen LogP contribution is 2.21. The Morgan fingerprint density at radius 2 is 1.80 bits per heavy atom. The zero-order valence-electron chi connectivity index (χ0n) is 13.2. The molecule has 116 valence electrons. The summed E-state index contributed by atoms with van der Waals surface area (Å²) in [4.78, 5) is 26.8. The van der Waals surface area contributed by atoms with Crippen molar-refractivity contribution >= 4 is 11.8 Å². The molecule has 20 heavy (non-hydrogen) atoms. The van der Waals surface area contributed by atoms with Crippen LogP contribution in [0.15, 0.2) is 0 Å². The van der Waals surface area contributed by atoms with Crippen molar-refractivity contribution in [1.82, 2.24) is 15.1 Å². The molecule has 1 aliphatic carbocycles. The Kier molecular flexibility index (Phi) is 7.59. The van der Waals surface area contributed by atoms with Crippen LogP contribution in [-0.4, -0.2) is 61.4 Å². The van der Waals surface area contributed by atoms with Gasteiger partial charge in [-0.05, 0) is 26.3 Å². The summed E-state index contributed by atoms with van der Waals surface area (Å²) in [6.07, 6.45) is 6.49. The first-order chi connectivity index (χ1) is 9.50. The van der Waals surface area contributed by atoms with E-state index in [1.807, 2.05) is 7.05 Å². The maximum atomic E-state index is 11.9.